The molecule has 2 N–H and O–H groups in total. The molecule has 8 nitrogen and oxygen atoms in total. The van der Waals surface area contributed by atoms with Crippen LogP contribution < -0.4 is 10.6 Å². The fourth-order valence-electron chi connectivity index (χ4n) is 4.25. The van der Waals surface area contributed by atoms with Gasteiger partial charge in [-0.05, 0) is 56.8 Å². The van der Waals surface area contributed by atoms with Gasteiger partial charge in [0.15, 0.2) is 11.8 Å². The van der Waals surface area contributed by atoms with Crippen LogP contribution in [-0.4, -0.2) is 58.0 Å². The van der Waals surface area contributed by atoms with Crippen LogP contribution in [0.15, 0.2) is 29.3 Å². The molecule has 1 aromatic heterocycles. The van der Waals surface area contributed by atoms with Gasteiger partial charge in [0.25, 0.3) is 0 Å². The lowest BCUT2D eigenvalue weighted by Gasteiger charge is -2.26. The number of ether oxygens (including phenoxy) is 1. The number of aliphatic imine (C=N–C) groups is 1. The van der Waals surface area contributed by atoms with E-state index in [4.69, 9.17) is 9.73 Å². The van der Waals surface area contributed by atoms with Crippen molar-refractivity contribution >= 4 is 29.9 Å². The van der Waals surface area contributed by atoms with Crippen molar-refractivity contribution in [1.82, 2.24) is 30.3 Å². The first-order chi connectivity index (χ1) is 15.7. The van der Waals surface area contributed by atoms with Crippen molar-refractivity contribution in [3.05, 3.63) is 47.0 Å². The summed E-state index contributed by atoms with van der Waals surface area (Å²) in [7, 11) is 1.98. The van der Waals surface area contributed by atoms with Crippen LogP contribution in [0, 0.1) is 6.92 Å². The zero-order chi connectivity index (χ0) is 22.2. The second-order valence-corrected chi connectivity index (χ2v) is 8.91. The van der Waals surface area contributed by atoms with E-state index in [2.05, 4.69) is 50.0 Å². The molecule has 33 heavy (non-hydrogen) atoms. The summed E-state index contributed by atoms with van der Waals surface area (Å²) >= 11 is 0. The number of hydrogen-bond donors (Lipinski definition) is 2. The van der Waals surface area contributed by atoms with Gasteiger partial charge in [0, 0.05) is 26.7 Å². The van der Waals surface area contributed by atoms with Gasteiger partial charge in [-0.2, -0.15) is 0 Å². The highest BCUT2D eigenvalue weighted by Gasteiger charge is 2.16. The number of rotatable bonds is 8. The number of piperidine rings is 1. The predicted octanol–water partition coefficient (Wildman–Crippen LogP) is 3.14. The van der Waals surface area contributed by atoms with Crippen LogP contribution in [0.5, 0.6) is 0 Å². The predicted molar refractivity (Wildman–Crippen MR) is 142 cm³/mol. The third kappa shape index (κ3) is 7.92. The Morgan fingerprint density at radius 3 is 2.48 bits per heavy atom. The van der Waals surface area contributed by atoms with E-state index in [1.54, 1.807) is 0 Å². The van der Waals surface area contributed by atoms with E-state index in [0.29, 0.717) is 13.1 Å². The van der Waals surface area contributed by atoms with Gasteiger partial charge < -0.3 is 19.9 Å². The Morgan fingerprint density at radius 2 is 1.82 bits per heavy atom. The summed E-state index contributed by atoms with van der Waals surface area (Å²) in [5, 5.41) is 15.2. The fourth-order valence-corrected chi connectivity index (χ4v) is 4.25. The lowest BCUT2D eigenvalue weighted by Crippen LogP contribution is -2.41. The maximum atomic E-state index is 5.75. The Hall–Kier alpha value is -1.72. The third-order valence-corrected chi connectivity index (χ3v) is 6.42. The molecule has 0 bridgehead atoms. The molecule has 0 aliphatic carbocycles. The molecule has 9 heteroatoms. The molecule has 1 unspecified atom stereocenters. The average molecular weight is 568 g/mol. The van der Waals surface area contributed by atoms with Crippen molar-refractivity contribution < 1.29 is 4.74 Å². The zero-order valence-corrected chi connectivity index (χ0v) is 22.3. The number of hydrogen-bond acceptors (Lipinski definition) is 5. The molecule has 2 aromatic rings. The Labute approximate surface area is 214 Å². The monoisotopic (exact) mass is 567 g/mol. The summed E-state index contributed by atoms with van der Waals surface area (Å²) in [4.78, 5) is 7.38. The normalized spacial score (nSPS) is 19.3. The number of likely N-dealkylation sites (tertiary alicyclic amines) is 1. The molecule has 0 saturated carbocycles. The number of nitrogens with zero attached hydrogens (tertiary/aromatic N) is 5. The smallest absolute Gasteiger partial charge is 0.192 e. The van der Waals surface area contributed by atoms with Gasteiger partial charge in [-0.25, -0.2) is 4.99 Å². The third-order valence-electron chi connectivity index (χ3n) is 6.42. The van der Waals surface area contributed by atoms with Crippen LogP contribution in [0.4, 0.5) is 0 Å². The van der Waals surface area contributed by atoms with Crippen LogP contribution in [0.1, 0.15) is 54.9 Å². The van der Waals surface area contributed by atoms with E-state index in [-0.39, 0.29) is 30.1 Å². The number of aryl methyl sites for hydroxylation is 1. The molecule has 1 aromatic carbocycles. The maximum absolute atomic E-state index is 5.75. The summed E-state index contributed by atoms with van der Waals surface area (Å²) in [6.07, 6.45) is 6.52. The zero-order valence-electron chi connectivity index (χ0n) is 19.9. The SMILES string of the molecule is Cc1nnc(CNC(=NCc2ccc(CN3CCCCC3)cc2)NCC2CCCO2)n1C.I. The minimum Gasteiger partial charge on any atom is -0.376 e. The van der Waals surface area contributed by atoms with E-state index in [1.807, 2.05) is 18.5 Å². The van der Waals surface area contributed by atoms with Crippen LogP contribution in [0.3, 0.4) is 0 Å². The first kappa shape index (κ1) is 25.9. The van der Waals surface area contributed by atoms with E-state index in [0.717, 1.165) is 50.1 Å². The molecule has 2 saturated heterocycles. The van der Waals surface area contributed by atoms with Crippen molar-refractivity contribution in [2.75, 3.05) is 26.2 Å². The van der Waals surface area contributed by atoms with E-state index >= 15 is 0 Å². The van der Waals surface area contributed by atoms with Crippen molar-refractivity contribution in [1.29, 1.82) is 0 Å². The Balaban J connectivity index is 0.00000306. The van der Waals surface area contributed by atoms with Crippen molar-refractivity contribution in [3.8, 4) is 0 Å². The van der Waals surface area contributed by atoms with Crippen molar-refractivity contribution in [3.63, 3.8) is 0 Å². The quantitative estimate of drug-likeness (QED) is 0.290. The molecule has 4 rings (SSSR count). The Bertz CT molecular complexity index is 871. The molecular weight excluding hydrogens is 529 g/mol. The van der Waals surface area contributed by atoms with Crippen molar-refractivity contribution in [2.45, 2.75) is 64.8 Å². The number of guanidine groups is 1. The van der Waals surface area contributed by atoms with Gasteiger partial charge in [0.2, 0.25) is 0 Å². The molecule has 2 aliphatic heterocycles. The Kier molecular flexibility index (Phi) is 10.4. The van der Waals surface area contributed by atoms with Gasteiger partial charge >= 0.3 is 0 Å². The van der Waals surface area contributed by atoms with Gasteiger partial charge in [0.1, 0.15) is 5.82 Å². The summed E-state index contributed by atoms with van der Waals surface area (Å²) in [5.41, 5.74) is 2.59. The summed E-state index contributed by atoms with van der Waals surface area (Å²) in [5.74, 6) is 2.56. The second-order valence-electron chi connectivity index (χ2n) is 8.91. The molecular formula is C24H38IN7O. The average Bonchev–Trinajstić information content (AvgIpc) is 3.45. The van der Waals surface area contributed by atoms with Gasteiger partial charge in [-0.3, -0.25) is 4.90 Å². The second kappa shape index (κ2) is 13.2. The Morgan fingerprint density at radius 1 is 1.06 bits per heavy atom. The lowest BCUT2D eigenvalue weighted by molar-refractivity contribution is 0.113. The molecule has 0 radical (unpaired) electrons. The number of aromatic nitrogens is 3. The van der Waals surface area contributed by atoms with Gasteiger partial charge in [0.05, 0.1) is 19.2 Å². The standard InChI is InChI=1S/C24H37N7O.HI/c1-19-28-29-23(30(19)2)17-27-24(26-16-22-7-6-14-32-22)25-15-20-8-10-21(11-9-20)18-31-12-4-3-5-13-31;/h8-11,22H,3-7,12-18H2,1-2H3,(H2,25,26,27);1H. The largest absolute Gasteiger partial charge is 0.376 e. The van der Waals surface area contributed by atoms with E-state index in [1.165, 1.54) is 43.5 Å². The molecule has 0 amide bonds. The maximum Gasteiger partial charge on any atom is 0.192 e. The molecule has 1 atom stereocenters. The van der Waals surface area contributed by atoms with Crippen molar-refractivity contribution in [2.24, 2.45) is 12.0 Å². The molecule has 182 valence electrons. The minimum atomic E-state index is 0. The highest BCUT2D eigenvalue weighted by molar-refractivity contribution is 14.0. The van der Waals surface area contributed by atoms with Crippen LogP contribution in [0.2, 0.25) is 0 Å². The summed E-state index contributed by atoms with van der Waals surface area (Å²) < 4.78 is 7.74. The fraction of sp³-hybridized carbons (Fsp3) is 0.625. The van der Waals surface area contributed by atoms with Crippen LogP contribution >= 0.6 is 24.0 Å². The number of benzene rings is 1. The lowest BCUT2D eigenvalue weighted by atomic mass is 10.1. The summed E-state index contributed by atoms with van der Waals surface area (Å²) in [6.45, 7) is 8.27. The highest BCUT2D eigenvalue weighted by atomic mass is 127. The topological polar surface area (TPSA) is 79.6 Å². The van der Waals surface area contributed by atoms with Crippen LogP contribution in [0.25, 0.3) is 0 Å². The van der Waals surface area contributed by atoms with Crippen LogP contribution in [-0.2, 0) is 31.4 Å². The van der Waals surface area contributed by atoms with E-state index in [9.17, 15) is 0 Å². The highest BCUT2D eigenvalue weighted by Crippen LogP contribution is 2.14. The summed E-state index contributed by atoms with van der Waals surface area (Å²) in [6, 6.07) is 8.89. The number of nitrogens with one attached hydrogen (secondary N) is 2. The first-order valence-electron chi connectivity index (χ1n) is 12.0. The molecule has 0 spiro atoms. The van der Waals surface area contributed by atoms with Gasteiger partial charge in [-0.15, -0.1) is 34.2 Å². The molecule has 2 aliphatic rings. The minimum absolute atomic E-state index is 0. The van der Waals surface area contributed by atoms with Gasteiger partial charge in [-0.1, -0.05) is 30.7 Å². The number of halogens is 1. The van der Waals surface area contributed by atoms with E-state index < -0.39 is 0 Å². The molecule has 2 fully saturated rings. The first-order valence-corrected chi connectivity index (χ1v) is 12.0. The molecule has 3 heterocycles.